The highest BCUT2D eigenvalue weighted by molar-refractivity contribution is 6.23. The van der Waals surface area contributed by atoms with Crippen LogP contribution in [-0.4, -0.2) is 116 Å². The molecule has 3 aliphatic heterocycles. The third-order valence-electron chi connectivity index (χ3n) is 9.21. The minimum Gasteiger partial charge on any atom is -0.397 e. The van der Waals surface area contributed by atoms with Gasteiger partial charge in [-0.3, -0.25) is 30.2 Å². The number of pyridine rings is 1. The standard InChI is InChI=1S/C34H46N12O2/c1-23(2)40-19-25(18-35)30(37)31-27(36)8-9-28(42-31)46-13-11-34(33(46)48)10-12-43(21-34)20-29(47)45-16-14-44(15-17-45)26-6-4-24(5-7-26)32(38)41-22-39-3/h4-9,18-19,22-23,35,37,40H,10-17,20-21,36H2,1-3H3,(H2,38,39,41)/b25-19+,35-18?,37-30?/t34-/m0/s1. The van der Waals surface area contributed by atoms with Crippen molar-refractivity contribution in [3.8, 4) is 0 Å². The lowest BCUT2D eigenvalue weighted by Crippen LogP contribution is -2.51. The highest BCUT2D eigenvalue weighted by Crippen LogP contribution is 2.42. The largest absolute Gasteiger partial charge is 0.397 e. The monoisotopic (exact) mass is 654 g/mol. The van der Waals surface area contributed by atoms with Crippen LogP contribution in [0.15, 0.2) is 53.2 Å². The van der Waals surface area contributed by atoms with Gasteiger partial charge in [0.05, 0.1) is 29.7 Å². The van der Waals surface area contributed by atoms with Crippen molar-refractivity contribution in [1.82, 2.24) is 25.4 Å². The first kappa shape index (κ1) is 34.2. The quantitative estimate of drug-likeness (QED) is 0.156. The molecule has 14 nitrogen and oxygen atoms in total. The predicted octanol–water partition coefficient (Wildman–Crippen LogP) is 1.91. The minimum absolute atomic E-state index is 0.00973. The van der Waals surface area contributed by atoms with Crippen LogP contribution < -0.4 is 26.2 Å². The number of nitrogens with zero attached hydrogens (tertiary/aromatic N) is 6. The molecule has 1 atom stereocenters. The van der Waals surface area contributed by atoms with Gasteiger partial charge in [-0.1, -0.05) is 0 Å². The molecular weight excluding hydrogens is 608 g/mol. The molecule has 254 valence electrons. The number of aliphatic imine (C=N–C) groups is 1. The molecule has 0 unspecified atom stereocenters. The third-order valence-corrected chi connectivity index (χ3v) is 9.21. The summed E-state index contributed by atoms with van der Waals surface area (Å²) >= 11 is 0. The summed E-state index contributed by atoms with van der Waals surface area (Å²) in [4.78, 5) is 43.8. The van der Waals surface area contributed by atoms with E-state index in [-0.39, 0.29) is 41.6 Å². The van der Waals surface area contributed by atoms with Crippen LogP contribution in [0.3, 0.4) is 0 Å². The predicted molar refractivity (Wildman–Crippen MR) is 191 cm³/mol. The van der Waals surface area contributed by atoms with Crippen LogP contribution in [0.25, 0.3) is 0 Å². The number of hydrogen-bond acceptors (Lipinski definition) is 10. The number of amides is 2. The number of rotatable bonds is 11. The lowest BCUT2D eigenvalue weighted by molar-refractivity contribution is -0.133. The molecule has 2 aromatic rings. The summed E-state index contributed by atoms with van der Waals surface area (Å²) < 4.78 is 0. The van der Waals surface area contributed by atoms with E-state index in [9.17, 15) is 9.59 Å². The van der Waals surface area contributed by atoms with Gasteiger partial charge in [-0.25, -0.2) is 9.98 Å². The van der Waals surface area contributed by atoms with Gasteiger partial charge in [0, 0.05) is 81.6 Å². The lowest BCUT2D eigenvalue weighted by atomic mass is 9.85. The molecule has 4 heterocycles. The Bertz CT molecular complexity index is 1610. The number of nitrogens with one attached hydrogen (secondary N) is 5. The van der Waals surface area contributed by atoms with Gasteiger partial charge in [-0.05, 0) is 69.6 Å². The first-order valence-corrected chi connectivity index (χ1v) is 16.3. The normalized spacial score (nSPS) is 20.3. The summed E-state index contributed by atoms with van der Waals surface area (Å²) in [6.45, 7) is 8.59. The molecule has 0 bridgehead atoms. The van der Waals surface area contributed by atoms with Gasteiger partial charge in [0.15, 0.2) is 5.84 Å². The molecule has 3 fully saturated rings. The molecule has 3 saturated heterocycles. The van der Waals surface area contributed by atoms with Crippen LogP contribution in [0, 0.1) is 21.6 Å². The van der Waals surface area contributed by atoms with Gasteiger partial charge in [-0.2, -0.15) is 0 Å². The first-order valence-electron chi connectivity index (χ1n) is 16.3. The van der Waals surface area contributed by atoms with Gasteiger partial charge in [0.2, 0.25) is 11.8 Å². The number of amidine groups is 1. The van der Waals surface area contributed by atoms with Crippen molar-refractivity contribution in [3.05, 3.63) is 59.4 Å². The zero-order chi connectivity index (χ0) is 34.4. The second-order valence-corrected chi connectivity index (χ2v) is 12.8. The Morgan fingerprint density at radius 2 is 1.77 bits per heavy atom. The van der Waals surface area contributed by atoms with Gasteiger partial charge < -0.3 is 31.6 Å². The van der Waals surface area contributed by atoms with E-state index < -0.39 is 5.41 Å². The molecule has 0 aliphatic carbocycles. The maximum Gasteiger partial charge on any atom is 0.236 e. The van der Waals surface area contributed by atoms with Crippen LogP contribution in [-0.2, 0) is 9.59 Å². The van der Waals surface area contributed by atoms with Gasteiger partial charge in [-0.15, -0.1) is 0 Å². The highest BCUT2D eigenvalue weighted by atomic mass is 16.2. The number of benzene rings is 1. The fraction of sp³-hybridized carbons (Fsp3) is 0.441. The maximum atomic E-state index is 13.9. The Kier molecular flexibility index (Phi) is 10.5. The maximum absolute atomic E-state index is 13.9. The van der Waals surface area contributed by atoms with Crippen molar-refractivity contribution >= 4 is 53.1 Å². The van der Waals surface area contributed by atoms with Crippen LogP contribution in [0.4, 0.5) is 17.2 Å². The minimum atomic E-state index is -0.572. The van der Waals surface area contributed by atoms with Crippen molar-refractivity contribution in [2.75, 3.05) is 74.9 Å². The van der Waals surface area contributed by atoms with Crippen molar-refractivity contribution in [1.29, 1.82) is 16.2 Å². The average molecular weight is 655 g/mol. The van der Waals surface area contributed by atoms with Crippen molar-refractivity contribution in [3.63, 3.8) is 0 Å². The van der Waals surface area contributed by atoms with Gasteiger partial charge >= 0.3 is 0 Å². The van der Waals surface area contributed by atoms with Crippen LogP contribution in [0.2, 0.25) is 0 Å². The smallest absolute Gasteiger partial charge is 0.236 e. The Labute approximate surface area is 281 Å². The van der Waals surface area contributed by atoms with E-state index in [4.69, 9.17) is 22.0 Å². The summed E-state index contributed by atoms with van der Waals surface area (Å²) in [5.41, 5.74) is 8.29. The summed E-state index contributed by atoms with van der Waals surface area (Å²) in [5.74, 6) is 0.691. The lowest BCUT2D eigenvalue weighted by Gasteiger charge is -2.37. The average Bonchev–Trinajstić information content (AvgIpc) is 3.65. The molecule has 7 N–H and O–H groups in total. The summed E-state index contributed by atoms with van der Waals surface area (Å²) in [7, 11) is 1.74. The van der Waals surface area contributed by atoms with Crippen molar-refractivity contribution in [2.45, 2.75) is 32.7 Å². The molecule has 14 heteroatoms. The molecular formula is C34H46N12O2. The molecule has 1 aromatic carbocycles. The second kappa shape index (κ2) is 14.8. The number of nitrogens with two attached hydrogens (primary N) is 1. The van der Waals surface area contributed by atoms with E-state index >= 15 is 0 Å². The highest BCUT2D eigenvalue weighted by Gasteiger charge is 2.51. The number of hydrogen-bond donors (Lipinski definition) is 6. The summed E-state index contributed by atoms with van der Waals surface area (Å²) in [6, 6.07) is 11.3. The van der Waals surface area contributed by atoms with E-state index in [0.717, 1.165) is 30.6 Å². The molecule has 5 rings (SSSR count). The van der Waals surface area contributed by atoms with Crippen LogP contribution >= 0.6 is 0 Å². The number of likely N-dealkylation sites (tertiary alicyclic amines) is 1. The number of aromatic nitrogens is 1. The molecule has 1 aromatic heterocycles. The van der Waals surface area contributed by atoms with E-state index in [0.29, 0.717) is 62.6 Å². The zero-order valence-corrected chi connectivity index (χ0v) is 27.9. The fourth-order valence-corrected chi connectivity index (χ4v) is 6.44. The Morgan fingerprint density at radius 3 is 2.44 bits per heavy atom. The summed E-state index contributed by atoms with van der Waals surface area (Å²) in [6.07, 6.45) is 5.52. The summed E-state index contributed by atoms with van der Waals surface area (Å²) in [5, 5.41) is 30.4. The van der Waals surface area contributed by atoms with Crippen LogP contribution in [0.1, 0.15) is 37.9 Å². The molecule has 0 saturated carbocycles. The third kappa shape index (κ3) is 7.38. The number of carbonyl (C=O) groups excluding carboxylic acids is 2. The Hall–Kier alpha value is -5.11. The van der Waals surface area contributed by atoms with E-state index in [1.807, 2.05) is 43.0 Å². The number of nitrogen functional groups attached to an aromatic ring is 1. The molecule has 3 aliphatic rings. The fourth-order valence-electron chi connectivity index (χ4n) is 6.44. The Morgan fingerprint density at radius 1 is 1.06 bits per heavy atom. The topological polar surface area (TPSA) is 194 Å². The second-order valence-electron chi connectivity index (χ2n) is 12.8. The number of allylic oxidation sites excluding steroid dienone is 1. The van der Waals surface area contributed by atoms with Crippen molar-refractivity contribution in [2.24, 2.45) is 10.4 Å². The number of carbonyl (C=O) groups is 2. The number of piperazine rings is 1. The van der Waals surface area contributed by atoms with E-state index in [1.54, 1.807) is 30.3 Å². The molecule has 0 radical (unpaired) electrons. The SMILES string of the molecule is CN/C=N\C(=N)c1ccc(N2CCN(C(=O)CN3CC[C@]4(CCN(c5ccc(N)c(C(=N)/C(C=N)=C/NC(C)C)n5)C4=O)C3)CC2)cc1. The Balaban J connectivity index is 1.15. The van der Waals surface area contributed by atoms with Crippen LogP contribution in [0.5, 0.6) is 0 Å². The van der Waals surface area contributed by atoms with E-state index in [2.05, 4.69) is 30.4 Å². The number of anilines is 3. The van der Waals surface area contributed by atoms with Gasteiger partial charge in [0.25, 0.3) is 0 Å². The molecule has 48 heavy (non-hydrogen) atoms. The van der Waals surface area contributed by atoms with E-state index in [1.165, 1.54) is 6.34 Å². The molecule has 2 amide bonds. The molecule has 1 spiro atoms. The zero-order valence-electron chi connectivity index (χ0n) is 27.9. The van der Waals surface area contributed by atoms with Crippen molar-refractivity contribution < 1.29 is 9.59 Å². The van der Waals surface area contributed by atoms with Gasteiger partial charge in [0.1, 0.15) is 11.5 Å². The first-order chi connectivity index (χ1) is 23.0.